The van der Waals surface area contributed by atoms with Crippen LogP contribution >= 0.6 is 0 Å². The molecule has 2 aliphatic rings. The van der Waals surface area contributed by atoms with Gasteiger partial charge in [-0.2, -0.15) is 0 Å². The Morgan fingerprint density at radius 1 is 1.24 bits per heavy atom. The van der Waals surface area contributed by atoms with Gasteiger partial charge in [0.1, 0.15) is 0 Å². The van der Waals surface area contributed by atoms with Gasteiger partial charge in [-0.3, -0.25) is 4.79 Å². The van der Waals surface area contributed by atoms with Gasteiger partial charge < -0.3 is 15.8 Å². The molecular weight excluding hydrogens is 268 g/mol. The summed E-state index contributed by atoms with van der Waals surface area (Å²) < 4.78 is 4.81. The highest BCUT2D eigenvalue weighted by Gasteiger charge is 2.44. The molecule has 0 radical (unpaired) electrons. The van der Waals surface area contributed by atoms with Crippen molar-refractivity contribution in [2.45, 2.75) is 63.3 Å². The summed E-state index contributed by atoms with van der Waals surface area (Å²) >= 11 is 0. The molecule has 2 rings (SSSR count). The highest BCUT2D eigenvalue weighted by atomic mass is 16.5. The molecular formula is C16H26N2O3. The van der Waals surface area contributed by atoms with Crippen LogP contribution in [-0.2, 0) is 9.53 Å². The third-order valence-corrected chi connectivity index (χ3v) is 4.92. The second kappa shape index (κ2) is 6.96. The lowest BCUT2D eigenvalue weighted by Gasteiger charge is -2.44. The van der Waals surface area contributed by atoms with Gasteiger partial charge in [0.2, 0.25) is 5.91 Å². The minimum absolute atomic E-state index is 0.0110. The maximum absolute atomic E-state index is 11.9. The van der Waals surface area contributed by atoms with E-state index < -0.39 is 6.09 Å². The van der Waals surface area contributed by atoms with Gasteiger partial charge in [0.15, 0.2) is 0 Å². The van der Waals surface area contributed by atoms with Crippen molar-refractivity contribution in [1.82, 2.24) is 5.32 Å². The number of primary amides is 1. The van der Waals surface area contributed by atoms with Gasteiger partial charge in [-0.05, 0) is 32.1 Å². The van der Waals surface area contributed by atoms with Crippen LogP contribution in [0.3, 0.4) is 0 Å². The van der Waals surface area contributed by atoms with Gasteiger partial charge in [-0.15, -0.1) is 0 Å². The molecule has 3 N–H and O–H groups in total. The van der Waals surface area contributed by atoms with Crippen LogP contribution in [0.4, 0.5) is 4.79 Å². The third-order valence-electron chi connectivity index (χ3n) is 4.92. The number of amides is 2. The first-order valence-corrected chi connectivity index (χ1v) is 7.95. The Kier molecular flexibility index (Phi) is 5.26. The molecule has 0 aromatic carbocycles. The molecule has 0 heterocycles. The number of rotatable bonds is 3. The van der Waals surface area contributed by atoms with Gasteiger partial charge in [0.05, 0.1) is 12.6 Å². The van der Waals surface area contributed by atoms with E-state index in [1.165, 1.54) is 13.5 Å². The molecule has 5 heteroatoms. The molecule has 0 aromatic rings. The zero-order chi connectivity index (χ0) is 15.3. The van der Waals surface area contributed by atoms with Crippen molar-refractivity contribution in [2.75, 3.05) is 7.11 Å². The predicted molar refractivity (Wildman–Crippen MR) is 80.6 cm³/mol. The molecule has 5 nitrogen and oxygen atoms in total. The number of ether oxygens (including phenoxy) is 1. The maximum Gasteiger partial charge on any atom is 0.407 e. The van der Waals surface area contributed by atoms with Gasteiger partial charge in [-0.25, -0.2) is 4.79 Å². The van der Waals surface area contributed by atoms with E-state index in [2.05, 4.69) is 5.32 Å². The third kappa shape index (κ3) is 3.57. The Bertz CT molecular complexity index is 425. The summed E-state index contributed by atoms with van der Waals surface area (Å²) in [5.74, 6) is -0.338. The van der Waals surface area contributed by atoms with Gasteiger partial charge in [0, 0.05) is 11.5 Å². The van der Waals surface area contributed by atoms with Crippen molar-refractivity contribution in [3.8, 4) is 0 Å². The molecule has 1 atom stereocenters. The molecule has 1 saturated carbocycles. The molecule has 0 aliphatic heterocycles. The number of alkyl carbamates (subject to hydrolysis) is 1. The average molecular weight is 294 g/mol. The van der Waals surface area contributed by atoms with Crippen LogP contribution in [0.1, 0.15) is 57.8 Å². The topological polar surface area (TPSA) is 81.4 Å². The van der Waals surface area contributed by atoms with E-state index in [1.807, 2.05) is 6.08 Å². The van der Waals surface area contributed by atoms with Crippen LogP contribution in [0.5, 0.6) is 0 Å². The number of allylic oxidation sites excluding steroid dienone is 1. The Hall–Kier alpha value is -1.52. The van der Waals surface area contributed by atoms with Crippen LogP contribution in [0.25, 0.3) is 0 Å². The summed E-state index contributed by atoms with van der Waals surface area (Å²) in [7, 11) is 1.38. The van der Waals surface area contributed by atoms with Gasteiger partial charge >= 0.3 is 6.09 Å². The molecule has 118 valence electrons. The van der Waals surface area contributed by atoms with E-state index in [1.54, 1.807) is 0 Å². The van der Waals surface area contributed by atoms with Gasteiger partial charge in [-0.1, -0.05) is 31.8 Å². The molecule has 1 unspecified atom stereocenters. The second-order valence-corrected chi connectivity index (χ2v) is 6.19. The summed E-state index contributed by atoms with van der Waals surface area (Å²) in [6, 6.07) is 0. The number of carbonyl (C=O) groups is 2. The predicted octanol–water partition coefficient (Wildman–Crippen LogP) is 2.65. The van der Waals surface area contributed by atoms with Crippen molar-refractivity contribution >= 4 is 12.0 Å². The van der Waals surface area contributed by atoms with E-state index in [4.69, 9.17) is 10.5 Å². The Morgan fingerprint density at radius 2 is 1.95 bits per heavy atom. The molecule has 1 fully saturated rings. The fraction of sp³-hybridized carbons (Fsp3) is 0.750. The van der Waals surface area contributed by atoms with Crippen molar-refractivity contribution in [2.24, 2.45) is 11.7 Å². The number of hydrogen-bond acceptors (Lipinski definition) is 3. The quantitative estimate of drug-likeness (QED) is 0.839. The zero-order valence-electron chi connectivity index (χ0n) is 12.8. The normalized spacial score (nSPS) is 25.4. The summed E-state index contributed by atoms with van der Waals surface area (Å²) in [6.45, 7) is 0. The zero-order valence-corrected chi connectivity index (χ0v) is 12.8. The largest absolute Gasteiger partial charge is 0.453 e. The standard InChI is InChI=1S/C16H26N2O3/c1-21-15(20)18-16(10-6-3-7-11-16)13-9-5-2-4-8-12(13)14(17)19/h8,13H,2-7,9-11H2,1H3,(H2,17,19)(H,18,20). The SMILES string of the molecule is COC(=O)NC1(C2CCCCC=C2C(N)=O)CCCCC1. The number of carbonyl (C=O) groups excluding carboxylic acids is 2. The Labute approximate surface area is 126 Å². The lowest BCUT2D eigenvalue weighted by molar-refractivity contribution is -0.115. The smallest absolute Gasteiger partial charge is 0.407 e. The maximum atomic E-state index is 11.9. The van der Waals surface area contributed by atoms with E-state index >= 15 is 0 Å². The minimum Gasteiger partial charge on any atom is -0.453 e. The van der Waals surface area contributed by atoms with Crippen LogP contribution in [0, 0.1) is 5.92 Å². The first-order chi connectivity index (χ1) is 10.1. The lowest BCUT2D eigenvalue weighted by Crippen LogP contribution is -2.56. The van der Waals surface area contributed by atoms with Crippen molar-refractivity contribution in [3.63, 3.8) is 0 Å². The molecule has 2 amide bonds. The highest BCUT2D eigenvalue weighted by Crippen LogP contribution is 2.42. The van der Waals surface area contributed by atoms with Crippen LogP contribution in [0.15, 0.2) is 11.6 Å². The number of methoxy groups -OCH3 is 1. The number of nitrogens with one attached hydrogen (secondary N) is 1. The molecule has 0 bridgehead atoms. The van der Waals surface area contributed by atoms with Crippen LogP contribution < -0.4 is 11.1 Å². The monoisotopic (exact) mass is 294 g/mol. The fourth-order valence-corrected chi connectivity index (χ4v) is 3.89. The molecule has 0 spiro atoms. The minimum atomic E-state index is -0.412. The van der Waals surface area contributed by atoms with Crippen molar-refractivity contribution in [3.05, 3.63) is 11.6 Å². The summed E-state index contributed by atoms with van der Waals surface area (Å²) in [5, 5.41) is 3.05. The van der Waals surface area contributed by atoms with Crippen LogP contribution in [0.2, 0.25) is 0 Å². The average Bonchev–Trinajstić information content (AvgIpc) is 2.74. The van der Waals surface area contributed by atoms with Gasteiger partial charge in [0.25, 0.3) is 0 Å². The second-order valence-electron chi connectivity index (χ2n) is 6.19. The molecule has 21 heavy (non-hydrogen) atoms. The highest BCUT2D eigenvalue weighted by molar-refractivity contribution is 5.93. The Morgan fingerprint density at radius 3 is 2.57 bits per heavy atom. The van der Waals surface area contributed by atoms with E-state index in [-0.39, 0.29) is 17.4 Å². The first-order valence-electron chi connectivity index (χ1n) is 7.95. The Balaban J connectivity index is 2.32. The number of hydrogen-bond donors (Lipinski definition) is 2. The number of nitrogens with two attached hydrogens (primary N) is 1. The summed E-state index contributed by atoms with van der Waals surface area (Å²) in [4.78, 5) is 23.7. The molecule has 0 saturated heterocycles. The van der Waals surface area contributed by atoms with Crippen molar-refractivity contribution in [1.29, 1.82) is 0 Å². The first kappa shape index (κ1) is 15.9. The fourth-order valence-electron chi connectivity index (χ4n) is 3.89. The van der Waals surface area contributed by atoms with E-state index in [0.29, 0.717) is 5.57 Å². The molecule has 2 aliphatic carbocycles. The van der Waals surface area contributed by atoms with E-state index in [0.717, 1.165) is 51.4 Å². The van der Waals surface area contributed by atoms with E-state index in [9.17, 15) is 9.59 Å². The van der Waals surface area contributed by atoms with Crippen LogP contribution in [-0.4, -0.2) is 24.6 Å². The van der Waals surface area contributed by atoms with Crippen molar-refractivity contribution < 1.29 is 14.3 Å². The lowest BCUT2D eigenvalue weighted by atomic mass is 9.68. The molecule has 0 aromatic heterocycles. The summed E-state index contributed by atoms with van der Waals surface area (Å²) in [5.41, 5.74) is 5.93. The summed E-state index contributed by atoms with van der Waals surface area (Å²) in [6.07, 6.45) is 10.6.